The van der Waals surface area contributed by atoms with Gasteiger partial charge in [-0.15, -0.1) is 5.73 Å². The predicted octanol–water partition coefficient (Wildman–Crippen LogP) is 5.88. The molecule has 2 nitrogen and oxygen atoms in total. The van der Waals surface area contributed by atoms with E-state index in [4.69, 9.17) is 4.43 Å². The highest BCUT2D eigenvalue weighted by Gasteiger charge is 2.63. The fourth-order valence-corrected chi connectivity index (χ4v) is 6.75. The maximum absolute atomic E-state index is 11.2. The molecule has 0 bridgehead atoms. The number of hydrogen-bond donors (Lipinski definition) is 1. The lowest BCUT2D eigenvalue weighted by atomic mass is 9.59. The summed E-state index contributed by atoms with van der Waals surface area (Å²) in [5, 5.41) is 11.2. The van der Waals surface area contributed by atoms with Gasteiger partial charge >= 0.3 is 0 Å². The molecule has 5 unspecified atom stereocenters. The molecule has 5 atom stereocenters. The van der Waals surface area contributed by atoms with Gasteiger partial charge in [0.25, 0.3) is 0 Å². The van der Waals surface area contributed by atoms with Crippen LogP contribution in [0.4, 0.5) is 0 Å². The van der Waals surface area contributed by atoms with Gasteiger partial charge in [0, 0.05) is 11.8 Å². The standard InChI is InChI=1S/C24H42O2Si/c1-17(2)12-10-13-18(3)24(26-27(8)9)20(22(4,5)6)16-23(7)15-11-14-19(25)21(23)24/h12-13,16-19,21,25,27H,11,14-15H2,1-9H3. The Labute approximate surface area is 169 Å². The van der Waals surface area contributed by atoms with Crippen molar-refractivity contribution in [2.24, 2.45) is 28.6 Å². The quantitative estimate of drug-likeness (QED) is 0.361. The molecule has 0 heterocycles. The van der Waals surface area contributed by atoms with E-state index < -0.39 is 14.6 Å². The van der Waals surface area contributed by atoms with Crippen LogP contribution >= 0.6 is 0 Å². The third kappa shape index (κ3) is 4.37. The van der Waals surface area contributed by atoms with E-state index in [1.807, 2.05) is 0 Å². The summed E-state index contributed by atoms with van der Waals surface area (Å²) in [6.45, 7) is 20.4. The Morgan fingerprint density at radius 3 is 2.41 bits per heavy atom. The second-order valence-corrected chi connectivity index (χ2v) is 13.1. The number of rotatable bonds is 5. The van der Waals surface area contributed by atoms with Crippen LogP contribution in [0.15, 0.2) is 29.5 Å². The maximum atomic E-state index is 11.2. The van der Waals surface area contributed by atoms with Crippen molar-refractivity contribution in [3.8, 4) is 0 Å². The number of allylic oxidation sites excluding steroid dienone is 1. The Morgan fingerprint density at radius 1 is 1.26 bits per heavy atom. The normalized spacial score (nSPS) is 34.9. The van der Waals surface area contributed by atoms with Crippen LogP contribution in [0, 0.1) is 28.6 Å². The van der Waals surface area contributed by atoms with Crippen molar-refractivity contribution >= 4 is 9.04 Å². The second-order valence-electron chi connectivity index (χ2n) is 10.7. The summed E-state index contributed by atoms with van der Waals surface area (Å²) in [7, 11) is -1.35. The van der Waals surface area contributed by atoms with E-state index in [1.54, 1.807) is 0 Å². The Kier molecular flexibility index (Phi) is 6.74. The lowest BCUT2D eigenvalue weighted by Gasteiger charge is -2.53. The van der Waals surface area contributed by atoms with Crippen LogP contribution in [0.3, 0.4) is 0 Å². The third-order valence-corrected chi connectivity index (χ3v) is 7.22. The fraction of sp³-hybridized carbons (Fsp3) is 0.792. The van der Waals surface area contributed by atoms with Crippen molar-refractivity contribution in [3.05, 3.63) is 29.5 Å². The molecule has 0 spiro atoms. The first-order valence-corrected chi connectivity index (χ1v) is 13.6. The number of aliphatic hydroxyl groups is 1. The van der Waals surface area contributed by atoms with Crippen LogP contribution in [0.1, 0.15) is 67.7 Å². The summed E-state index contributed by atoms with van der Waals surface area (Å²) >= 11 is 0. The van der Waals surface area contributed by atoms with Gasteiger partial charge in [0.05, 0.1) is 11.7 Å². The fourth-order valence-electron chi connectivity index (χ4n) is 5.48. The molecule has 1 fully saturated rings. The molecule has 0 radical (unpaired) electrons. The van der Waals surface area contributed by atoms with Gasteiger partial charge in [-0.05, 0) is 60.4 Å². The summed E-state index contributed by atoms with van der Waals surface area (Å²) in [5.74, 6) is 0.777. The van der Waals surface area contributed by atoms with Crippen molar-refractivity contribution in [2.75, 3.05) is 0 Å². The first-order valence-electron chi connectivity index (χ1n) is 10.9. The summed E-state index contributed by atoms with van der Waals surface area (Å²) in [4.78, 5) is 0. The van der Waals surface area contributed by atoms with Crippen LogP contribution in [-0.4, -0.2) is 25.9 Å². The van der Waals surface area contributed by atoms with E-state index in [-0.39, 0.29) is 28.8 Å². The van der Waals surface area contributed by atoms with Crippen LogP contribution < -0.4 is 0 Å². The highest BCUT2D eigenvalue weighted by molar-refractivity contribution is 6.48. The van der Waals surface area contributed by atoms with Crippen LogP contribution in [0.2, 0.25) is 13.1 Å². The molecule has 0 aromatic heterocycles. The zero-order chi connectivity index (χ0) is 20.6. The smallest absolute Gasteiger partial charge is 0.172 e. The summed E-state index contributed by atoms with van der Waals surface area (Å²) < 4.78 is 6.99. The monoisotopic (exact) mass is 390 g/mol. The minimum Gasteiger partial charge on any atom is -0.410 e. The zero-order valence-corrected chi connectivity index (χ0v) is 20.3. The van der Waals surface area contributed by atoms with Gasteiger partial charge in [0.15, 0.2) is 9.04 Å². The van der Waals surface area contributed by atoms with Crippen molar-refractivity contribution in [1.29, 1.82) is 0 Å². The minimum atomic E-state index is -1.35. The Balaban J connectivity index is 2.68. The molecule has 2 aliphatic carbocycles. The van der Waals surface area contributed by atoms with Gasteiger partial charge in [-0.3, -0.25) is 0 Å². The van der Waals surface area contributed by atoms with Gasteiger partial charge in [0.1, 0.15) is 0 Å². The SMILES string of the molecule is CC(C)C=C=CC(C)C1(O[SiH](C)C)C(C(C)(C)C)=CC2(C)CCCC(O)C21. The van der Waals surface area contributed by atoms with Crippen LogP contribution in [0.25, 0.3) is 0 Å². The van der Waals surface area contributed by atoms with Gasteiger partial charge in [-0.25, -0.2) is 0 Å². The highest BCUT2D eigenvalue weighted by atomic mass is 28.3. The van der Waals surface area contributed by atoms with E-state index in [0.29, 0.717) is 5.92 Å². The van der Waals surface area contributed by atoms with E-state index >= 15 is 0 Å². The first kappa shape index (κ1) is 22.7. The Bertz CT molecular complexity index is 621. The molecule has 1 N–H and O–H groups in total. The molecule has 0 saturated heterocycles. The lowest BCUT2D eigenvalue weighted by Crippen LogP contribution is -2.57. The van der Waals surface area contributed by atoms with E-state index in [0.717, 1.165) is 19.3 Å². The molecular formula is C24H42O2Si. The Hall–Kier alpha value is -0.603. The molecule has 0 aliphatic heterocycles. The largest absolute Gasteiger partial charge is 0.410 e. The van der Waals surface area contributed by atoms with Gasteiger partial charge in [-0.1, -0.05) is 61.0 Å². The molecule has 2 aliphatic rings. The molecule has 154 valence electrons. The molecule has 27 heavy (non-hydrogen) atoms. The summed E-state index contributed by atoms with van der Waals surface area (Å²) in [6, 6.07) is 0. The predicted molar refractivity (Wildman–Crippen MR) is 118 cm³/mol. The molecular weight excluding hydrogens is 348 g/mol. The minimum absolute atomic E-state index is 0.00716. The van der Waals surface area contributed by atoms with Gasteiger partial charge in [0.2, 0.25) is 0 Å². The number of fused-ring (bicyclic) bond motifs is 1. The maximum Gasteiger partial charge on any atom is 0.172 e. The van der Waals surface area contributed by atoms with Crippen molar-refractivity contribution in [1.82, 2.24) is 0 Å². The average Bonchev–Trinajstić information content (AvgIpc) is 2.77. The van der Waals surface area contributed by atoms with E-state index in [1.165, 1.54) is 5.57 Å². The average molecular weight is 391 g/mol. The molecule has 3 heteroatoms. The second kappa shape index (κ2) is 8.03. The van der Waals surface area contributed by atoms with E-state index in [2.05, 4.69) is 85.5 Å². The number of hydrogen-bond acceptors (Lipinski definition) is 2. The first-order chi connectivity index (χ1) is 12.3. The summed E-state index contributed by atoms with van der Waals surface area (Å²) in [5.41, 5.74) is 4.41. The molecule has 0 amide bonds. The third-order valence-electron chi connectivity index (χ3n) is 6.36. The molecule has 2 rings (SSSR count). The van der Waals surface area contributed by atoms with Crippen LogP contribution in [-0.2, 0) is 4.43 Å². The molecule has 0 aromatic carbocycles. The highest BCUT2D eigenvalue weighted by Crippen LogP contribution is 2.62. The zero-order valence-electron chi connectivity index (χ0n) is 19.1. The topological polar surface area (TPSA) is 29.5 Å². The van der Waals surface area contributed by atoms with E-state index in [9.17, 15) is 5.11 Å². The summed E-state index contributed by atoms with van der Waals surface area (Å²) in [6.07, 6.45) is 9.62. The van der Waals surface area contributed by atoms with Crippen LogP contribution in [0.5, 0.6) is 0 Å². The van der Waals surface area contributed by atoms with Crippen molar-refractivity contribution in [2.45, 2.75) is 92.5 Å². The number of aliphatic hydroxyl groups excluding tert-OH is 1. The lowest BCUT2D eigenvalue weighted by molar-refractivity contribution is -0.104. The van der Waals surface area contributed by atoms with Gasteiger partial charge in [-0.2, -0.15) is 0 Å². The van der Waals surface area contributed by atoms with Crippen molar-refractivity contribution < 1.29 is 9.53 Å². The molecule has 1 saturated carbocycles. The molecule has 0 aromatic rings. The Morgan fingerprint density at radius 2 is 1.89 bits per heavy atom. The van der Waals surface area contributed by atoms with Gasteiger partial charge < -0.3 is 9.53 Å². The van der Waals surface area contributed by atoms with Crippen molar-refractivity contribution in [3.63, 3.8) is 0 Å².